The van der Waals surface area contributed by atoms with Gasteiger partial charge in [0.25, 0.3) is 14.1 Å². The lowest BCUT2D eigenvalue weighted by molar-refractivity contribution is -0.144. The molecule has 6 rings (SSSR count). The van der Waals surface area contributed by atoms with Crippen LogP contribution in [0.1, 0.15) is 83.0 Å². The number of hydrogen-bond donors (Lipinski definition) is 1. The molecule has 0 bridgehead atoms. The van der Waals surface area contributed by atoms with E-state index >= 15 is 0 Å². The van der Waals surface area contributed by atoms with Crippen molar-refractivity contribution in [2.45, 2.75) is 90.5 Å². The van der Waals surface area contributed by atoms with Gasteiger partial charge in [-0.15, -0.1) is 0 Å². The van der Waals surface area contributed by atoms with Gasteiger partial charge in [0, 0.05) is 46.4 Å². The number of nitrogens with one attached hydrogen (secondary N) is 1. The number of nitriles is 1. The molecular formula is C52H63N8O11P. The molecule has 1 unspecified atom stereocenters. The van der Waals surface area contributed by atoms with Gasteiger partial charge < -0.3 is 42.4 Å². The number of methoxy groups -OCH3 is 2. The lowest BCUT2D eigenvalue weighted by Crippen LogP contribution is -2.39. The average Bonchev–Trinajstić information content (AvgIpc) is 3.94. The molecule has 0 amide bonds. The Morgan fingerprint density at radius 2 is 1.51 bits per heavy atom. The van der Waals surface area contributed by atoms with E-state index < -0.39 is 56.0 Å². The fraction of sp³-hybridized carbons (Fsp3) is 0.442. The molecule has 382 valence electrons. The summed E-state index contributed by atoms with van der Waals surface area (Å²) in [7, 11) is 4.99. The van der Waals surface area contributed by atoms with Gasteiger partial charge in [0.05, 0.1) is 58.3 Å². The Hall–Kier alpha value is -6.70. The zero-order valence-electron chi connectivity index (χ0n) is 42.4. The normalized spacial score (nSPS) is 16.3. The highest BCUT2D eigenvalue weighted by molar-refractivity contribution is 7.44. The van der Waals surface area contributed by atoms with Gasteiger partial charge in [-0.3, -0.25) is 19.4 Å². The predicted octanol–water partition coefficient (Wildman–Crippen LogP) is 7.41. The monoisotopic (exact) mass is 1010 g/mol. The van der Waals surface area contributed by atoms with E-state index in [9.17, 15) is 19.6 Å². The number of aromatic amines is 1. The Morgan fingerprint density at radius 1 is 0.931 bits per heavy atom. The van der Waals surface area contributed by atoms with Crippen LogP contribution in [0.3, 0.4) is 0 Å². The van der Waals surface area contributed by atoms with Crippen LogP contribution in [0.4, 0.5) is 5.95 Å². The molecule has 1 aliphatic heterocycles. The number of rotatable bonds is 23. The average molecular weight is 1010 g/mol. The number of ether oxygens (including phenoxy) is 6. The van der Waals surface area contributed by atoms with Gasteiger partial charge in [-0.2, -0.15) is 15.3 Å². The first kappa shape index (κ1) is 54.6. The largest absolute Gasteiger partial charge is 0.497 e. The van der Waals surface area contributed by atoms with Gasteiger partial charge in [-0.25, -0.2) is 14.3 Å². The minimum atomic E-state index is -1.80. The fourth-order valence-corrected chi connectivity index (χ4v) is 9.85. The van der Waals surface area contributed by atoms with Crippen LogP contribution in [0, 0.1) is 29.1 Å². The highest BCUT2D eigenvalue weighted by atomic mass is 31.2. The Morgan fingerprint density at radius 3 is 2.04 bits per heavy atom. The Balaban J connectivity index is 1.52. The molecule has 1 N–H and O–H groups in total. The van der Waals surface area contributed by atoms with Gasteiger partial charge >= 0.3 is 11.9 Å². The highest BCUT2D eigenvalue weighted by Crippen LogP contribution is 2.51. The number of nitrogens with zero attached hydrogens (tertiary/aromatic N) is 7. The molecule has 0 aliphatic carbocycles. The molecular weight excluding hydrogens is 944 g/mol. The van der Waals surface area contributed by atoms with Crippen molar-refractivity contribution in [3.63, 3.8) is 0 Å². The third-order valence-electron chi connectivity index (χ3n) is 11.3. The summed E-state index contributed by atoms with van der Waals surface area (Å²) in [5, 5.41) is 14.5. The molecule has 20 heteroatoms. The van der Waals surface area contributed by atoms with Crippen molar-refractivity contribution in [3.05, 3.63) is 112 Å². The molecule has 5 aromatic rings. The van der Waals surface area contributed by atoms with Crippen LogP contribution in [-0.2, 0) is 43.2 Å². The van der Waals surface area contributed by atoms with Crippen LogP contribution in [0.5, 0.6) is 11.5 Å². The van der Waals surface area contributed by atoms with E-state index in [1.807, 2.05) is 78.9 Å². The number of carbonyl (C=O) groups is 2. The minimum absolute atomic E-state index is 0.000632. The van der Waals surface area contributed by atoms with E-state index in [0.717, 1.165) is 16.7 Å². The third-order valence-corrected chi connectivity index (χ3v) is 13.5. The molecule has 3 heterocycles. The number of carbonyl (C=O) groups excluding carboxylic acids is 2. The van der Waals surface area contributed by atoms with Gasteiger partial charge in [0.1, 0.15) is 41.8 Å². The maximum absolute atomic E-state index is 14.1. The van der Waals surface area contributed by atoms with Gasteiger partial charge in [0.15, 0.2) is 17.6 Å². The Kier molecular flexibility index (Phi) is 19.4. The molecule has 19 nitrogen and oxygen atoms in total. The number of esters is 2. The van der Waals surface area contributed by atoms with E-state index in [1.54, 1.807) is 33.2 Å². The summed E-state index contributed by atoms with van der Waals surface area (Å²) in [6, 6.07) is 27.4. The second-order valence-corrected chi connectivity index (χ2v) is 18.9. The Bertz CT molecular complexity index is 2710. The van der Waals surface area contributed by atoms with E-state index in [4.69, 9.17) is 47.6 Å². The van der Waals surface area contributed by atoms with Gasteiger partial charge in [0.2, 0.25) is 5.95 Å². The van der Waals surface area contributed by atoms with Crippen LogP contribution in [-0.4, -0.2) is 127 Å². The quantitative estimate of drug-likeness (QED) is 0.0128. The molecule has 72 heavy (non-hydrogen) atoms. The number of aromatic nitrogens is 4. The summed E-state index contributed by atoms with van der Waals surface area (Å²) in [4.78, 5) is 51.2. The topological polar surface area (TPSA) is 214 Å². The van der Waals surface area contributed by atoms with Crippen molar-refractivity contribution in [1.29, 1.82) is 5.26 Å². The number of fused-ring (bicyclic) bond motifs is 1. The number of aliphatic imine (C=N–C) groups is 1. The molecule has 1 fully saturated rings. The van der Waals surface area contributed by atoms with Crippen molar-refractivity contribution in [3.8, 4) is 29.4 Å². The van der Waals surface area contributed by atoms with Crippen LogP contribution in [0.15, 0.2) is 88.6 Å². The first-order valence-electron chi connectivity index (χ1n) is 23.5. The van der Waals surface area contributed by atoms with Crippen molar-refractivity contribution < 1.29 is 47.1 Å². The highest BCUT2D eigenvalue weighted by Gasteiger charge is 2.46. The first-order valence-corrected chi connectivity index (χ1v) is 24.6. The summed E-state index contributed by atoms with van der Waals surface area (Å²) >= 11 is 0. The molecule has 1 saturated heterocycles. The molecule has 0 radical (unpaired) electrons. The van der Waals surface area contributed by atoms with Crippen LogP contribution in [0.2, 0.25) is 0 Å². The zero-order valence-corrected chi connectivity index (χ0v) is 43.3. The molecule has 2 aromatic heterocycles. The first-order chi connectivity index (χ1) is 34.6. The van der Waals surface area contributed by atoms with Crippen molar-refractivity contribution >= 4 is 43.8 Å². The smallest absolute Gasteiger partial charge is 0.302 e. The standard InChI is InChI=1S/C52H63N8O11P/c1-34(2)60(35(3)4)72(69-28-14-27-53)71-45-29-47(59-49-48(50(63)56-51(55-49)54-33-58(7)8)44(57-59)26-17-38(30-66-36(5)61)31-67-37(6)62)70-46(45)32-68-52(39-15-12-11-13-16-39,40-18-22-42(64-9)23-19-40)41-20-24-43(65-10)25-21-41/h11-13,15-16,18-25,33-35,38,45-47H,14,28-32H2,1-10H3,(H,55,56,63)/t45-,46-,47-,72?/m1/s1. The number of H-pyrrole nitrogens is 1. The third kappa shape index (κ3) is 13.6. The van der Waals surface area contributed by atoms with E-state index in [0.29, 0.717) is 11.5 Å². The second-order valence-electron chi connectivity index (χ2n) is 17.5. The predicted molar refractivity (Wildman–Crippen MR) is 270 cm³/mol. The lowest BCUT2D eigenvalue weighted by atomic mass is 9.80. The van der Waals surface area contributed by atoms with Gasteiger partial charge in [-0.1, -0.05) is 60.5 Å². The maximum Gasteiger partial charge on any atom is 0.302 e. The molecule has 0 spiro atoms. The molecule has 0 saturated carbocycles. The fourth-order valence-electron chi connectivity index (χ4n) is 8.09. The molecule has 1 aliphatic rings. The van der Waals surface area contributed by atoms with Gasteiger partial charge in [-0.05, 0) is 74.6 Å². The van der Waals surface area contributed by atoms with E-state index in [1.165, 1.54) is 24.9 Å². The van der Waals surface area contributed by atoms with Crippen LogP contribution < -0.4 is 15.0 Å². The maximum atomic E-state index is 14.1. The van der Waals surface area contributed by atoms with Crippen molar-refractivity contribution in [1.82, 2.24) is 29.3 Å². The summed E-state index contributed by atoms with van der Waals surface area (Å²) in [6.45, 7) is 10.5. The van der Waals surface area contributed by atoms with E-state index in [2.05, 4.69) is 60.3 Å². The summed E-state index contributed by atoms with van der Waals surface area (Å²) in [5.41, 5.74) is 0.779. The number of hydrogen-bond acceptors (Lipinski definition) is 16. The Labute approximate surface area is 421 Å². The lowest BCUT2D eigenvalue weighted by Gasteiger charge is -2.39. The van der Waals surface area contributed by atoms with Crippen molar-refractivity contribution in [2.24, 2.45) is 10.9 Å². The van der Waals surface area contributed by atoms with Crippen LogP contribution in [0.25, 0.3) is 11.0 Å². The van der Waals surface area contributed by atoms with Crippen LogP contribution >= 0.6 is 8.53 Å². The minimum Gasteiger partial charge on any atom is -0.497 e. The molecule has 3 aromatic carbocycles. The van der Waals surface area contributed by atoms with Crippen molar-refractivity contribution in [2.75, 3.05) is 54.7 Å². The second kappa shape index (κ2) is 25.6. The SMILES string of the molecule is COc1ccc(C(OC[C@H]2O[C@@H](n3nc(C#CC(COC(C)=O)COC(C)=O)c4c(=O)[nH]c(N=CN(C)C)nc43)C[C@H]2OP(OCCC#N)N(C(C)C)C(C)C)(c2ccccc2)c2ccc(OC)cc2)cc1. The number of benzene rings is 3. The summed E-state index contributed by atoms with van der Waals surface area (Å²) in [5.74, 6) is 5.44. The van der Waals surface area contributed by atoms with E-state index in [-0.39, 0.29) is 74.0 Å². The summed E-state index contributed by atoms with van der Waals surface area (Å²) in [6.07, 6.45) is -0.678. The molecule has 4 atom stereocenters. The summed E-state index contributed by atoms with van der Waals surface area (Å²) < 4.78 is 53.2. The zero-order chi connectivity index (χ0) is 52.0.